The van der Waals surface area contributed by atoms with E-state index in [4.69, 9.17) is 4.98 Å². The quantitative estimate of drug-likeness (QED) is 0.298. The number of nitrogens with zero attached hydrogens (tertiary/aromatic N) is 6. The second-order valence-corrected chi connectivity index (χ2v) is 12.1. The summed E-state index contributed by atoms with van der Waals surface area (Å²) in [5, 5.41) is 14.3. The van der Waals surface area contributed by atoms with Crippen molar-refractivity contribution in [2.45, 2.75) is 94.9 Å². The van der Waals surface area contributed by atoms with Crippen LogP contribution in [0.3, 0.4) is 0 Å². The highest BCUT2D eigenvalue weighted by Gasteiger charge is 2.40. The zero-order chi connectivity index (χ0) is 30.4. The molecular formula is C28H33F5N8O2. The lowest BCUT2D eigenvalue weighted by molar-refractivity contribution is -0.144. The molecule has 3 aromatic rings. The Kier molecular flexibility index (Phi) is 7.84. The first-order chi connectivity index (χ1) is 20.4. The van der Waals surface area contributed by atoms with E-state index >= 15 is 0 Å². The van der Waals surface area contributed by atoms with Gasteiger partial charge in [-0.15, -0.1) is 0 Å². The summed E-state index contributed by atoms with van der Waals surface area (Å²) >= 11 is 0. The standard InChI is InChI=1S/C28H33F5N8O2/c29-27(30)8-5-18(6-9-27)24(39-26(43)25-34-15-36-41(25)13-16-1-2-16)20-14-40-21(37-20)11-19(12-35-40)23(17-3-4-17)38-22(42)7-10-28(31,32)33/h11-12,14-18,23-24H,1-10,13H2,(H,38,42)(H,39,43)/t23-,24+/m1/s1. The maximum Gasteiger partial charge on any atom is 0.389 e. The normalized spacial score (nSPS) is 20.6. The molecule has 0 saturated heterocycles. The molecule has 43 heavy (non-hydrogen) atoms. The van der Waals surface area contributed by atoms with Crippen LogP contribution in [0, 0.1) is 17.8 Å². The Hall–Kier alpha value is -3.65. The SMILES string of the molecule is O=C(CCC(F)(F)F)N[C@@H](c1cnn2cc([C@@H](NC(=O)c3ncnn3CC3CC3)C3CCC(F)(F)CC3)nc2c1)C1CC1. The summed E-state index contributed by atoms with van der Waals surface area (Å²) < 4.78 is 69.0. The van der Waals surface area contributed by atoms with E-state index < -0.39 is 48.8 Å². The average Bonchev–Trinajstić information content (AvgIpc) is 3.87. The van der Waals surface area contributed by atoms with Crippen LogP contribution in [0.15, 0.2) is 24.8 Å². The molecule has 3 aromatic heterocycles. The van der Waals surface area contributed by atoms with Crippen LogP contribution >= 0.6 is 0 Å². The Bertz CT molecular complexity index is 1470. The fraction of sp³-hybridized carbons (Fsp3) is 0.643. The second-order valence-electron chi connectivity index (χ2n) is 12.1. The maximum absolute atomic E-state index is 14.0. The molecule has 0 bridgehead atoms. The largest absolute Gasteiger partial charge is 0.389 e. The first kappa shape index (κ1) is 29.4. The van der Waals surface area contributed by atoms with Crippen molar-refractivity contribution in [3.05, 3.63) is 41.9 Å². The molecule has 3 aliphatic carbocycles. The van der Waals surface area contributed by atoms with Crippen molar-refractivity contribution in [2.24, 2.45) is 17.8 Å². The van der Waals surface area contributed by atoms with Crippen molar-refractivity contribution >= 4 is 17.5 Å². The van der Waals surface area contributed by atoms with E-state index in [0.29, 0.717) is 29.4 Å². The molecule has 3 aliphatic rings. The first-order valence-corrected chi connectivity index (χ1v) is 14.7. The van der Waals surface area contributed by atoms with Crippen molar-refractivity contribution < 1.29 is 31.5 Å². The molecule has 232 valence electrons. The number of rotatable bonds is 11. The van der Waals surface area contributed by atoms with Gasteiger partial charge in [-0.2, -0.15) is 23.4 Å². The molecule has 2 N–H and O–H groups in total. The number of halogens is 5. The number of amides is 2. The van der Waals surface area contributed by atoms with E-state index in [1.807, 2.05) is 0 Å². The van der Waals surface area contributed by atoms with Gasteiger partial charge in [0, 0.05) is 25.8 Å². The molecule has 2 atom stereocenters. The minimum absolute atomic E-state index is 0.0810. The first-order valence-electron chi connectivity index (χ1n) is 14.7. The van der Waals surface area contributed by atoms with Gasteiger partial charge in [-0.3, -0.25) is 9.59 Å². The van der Waals surface area contributed by atoms with Gasteiger partial charge in [-0.1, -0.05) is 0 Å². The van der Waals surface area contributed by atoms with E-state index in [9.17, 15) is 31.5 Å². The Morgan fingerprint density at radius 3 is 2.40 bits per heavy atom. The highest BCUT2D eigenvalue weighted by molar-refractivity contribution is 5.90. The lowest BCUT2D eigenvalue weighted by Crippen LogP contribution is -2.38. The molecule has 3 saturated carbocycles. The number of hydrogen-bond donors (Lipinski definition) is 2. The van der Waals surface area contributed by atoms with Gasteiger partial charge >= 0.3 is 6.18 Å². The lowest BCUT2D eigenvalue weighted by Gasteiger charge is -2.33. The van der Waals surface area contributed by atoms with Crippen LogP contribution in [0.2, 0.25) is 0 Å². The predicted octanol–water partition coefficient (Wildman–Crippen LogP) is 4.94. The van der Waals surface area contributed by atoms with Crippen LogP contribution < -0.4 is 10.6 Å². The third-order valence-corrected chi connectivity index (χ3v) is 8.55. The van der Waals surface area contributed by atoms with Crippen molar-refractivity contribution in [1.29, 1.82) is 0 Å². The minimum Gasteiger partial charge on any atom is -0.349 e. The van der Waals surface area contributed by atoms with Gasteiger partial charge in [0.05, 0.1) is 36.6 Å². The zero-order valence-corrected chi connectivity index (χ0v) is 23.4. The van der Waals surface area contributed by atoms with Gasteiger partial charge < -0.3 is 10.6 Å². The predicted molar refractivity (Wildman–Crippen MR) is 142 cm³/mol. The third kappa shape index (κ3) is 7.29. The second kappa shape index (κ2) is 11.5. The van der Waals surface area contributed by atoms with Gasteiger partial charge in [0.15, 0.2) is 5.65 Å². The zero-order valence-electron chi connectivity index (χ0n) is 23.4. The number of fused-ring (bicyclic) bond motifs is 1. The van der Waals surface area contributed by atoms with Crippen molar-refractivity contribution in [2.75, 3.05) is 0 Å². The fourth-order valence-electron chi connectivity index (χ4n) is 5.79. The number of nitrogens with one attached hydrogen (secondary N) is 2. The summed E-state index contributed by atoms with van der Waals surface area (Å²) in [6.45, 7) is 0.582. The van der Waals surface area contributed by atoms with Gasteiger partial charge in [-0.05, 0) is 67.9 Å². The highest BCUT2D eigenvalue weighted by Crippen LogP contribution is 2.43. The summed E-state index contributed by atoms with van der Waals surface area (Å²) in [6.07, 6.45) is 1.77. The summed E-state index contributed by atoms with van der Waals surface area (Å²) in [5.74, 6) is -3.54. The van der Waals surface area contributed by atoms with E-state index in [-0.39, 0.29) is 43.3 Å². The van der Waals surface area contributed by atoms with Gasteiger partial charge in [-0.25, -0.2) is 27.9 Å². The smallest absolute Gasteiger partial charge is 0.349 e. The van der Waals surface area contributed by atoms with Crippen LogP contribution in [-0.2, 0) is 11.3 Å². The Morgan fingerprint density at radius 1 is 1.00 bits per heavy atom. The van der Waals surface area contributed by atoms with Gasteiger partial charge in [0.1, 0.15) is 6.33 Å². The van der Waals surface area contributed by atoms with E-state index in [1.54, 1.807) is 23.1 Å². The van der Waals surface area contributed by atoms with Crippen molar-refractivity contribution in [1.82, 2.24) is 40.0 Å². The van der Waals surface area contributed by atoms with Crippen LogP contribution in [-0.4, -0.2) is 53.3 Å². The van der Waals surface area contributed by atoms with Gasteiger partial charge in [0.25, 0.3) is 5.91 Å². The van der Waals surface area contributed by atoms with Crippen LogP contribution in [0.4, 0.5) is 22.0 Å². The van der Waals surface area contributed by atoms with Crippen LogP contribution in [0.25, 0.3) is 5.65 Å². The number of aromatic nitrogens is 6. The Balaban J connectivity index is 1.24. The Morgan fingerprint density at radius 2 is 1.72 bits per heavy atom. The van der Waals surface area contributed by atoms with Gasteiger partial charge in [0.2, 0.25) is 17.7 Å². The summed E-state index contributed by atoms with van der Waals surface area (Å²) in [7, 11) is 0. The lowest BCUT2D eigenvalue weighted by atomic mass is 9.81. The van der Waals surface area contributed by atoms with E-state index in [0.717, 1.165) is 25.7 Å². The number of carbonyl (C=O) groups excluding carboxylic acids is 2. The molecule has 3 heterocycles. The number of imidazole rings is 1. The maximum atomic E-state index is 14.0. The number of alkyl halides is 5. The molecule has 6 rings (SSSR count). The number of hydrogen-bond acceptors (Lipinski definition) is 6. The van der Waals surface area contributed by atoms with Crippen molar-refractivity contribution in [3.63, 3.8) is 0 Å². The summed E-state index contributed by atoms with van der Waals surface area (Å²) in [6, 6.07) is 0.511. The molecular weight excluding hydrogens is 575 g/mol. The van der Waals surface area contributed by atoms with Crippen LogP contribution in [0.1, 0.15) is 98.2 Å². The molecule has 0 aromatic carbocycles. The summed E-state index contributed by atoms with van der Waals surface area (Å²) in [4.78, 5) is 34.6. The molecule has 10 nitrogen and oxygen atoms in total. The summed E-state index contributed by atoms with van der Waals surface area (Å²) in [5.41, 5.74) is 1.46. The van der Waals surface area contributed by atoms with E-state index in [2.05, 4.69) is 25.8 Å². The highest BCUT2D eigenvalue weighted by atomic mass is 19.4. The molecule has 3 fully saturated rings. The fourth-order valence-corrected chi connectivity index (χ4v) is 5.79. The third-order valence-electron chi connectivity index (χ3n) is 8.55. The van der Waals surface area contributed by atoms with E-state index in [1.165, 1.54) is 10.8 Å². The molecule has 2 amide bonds. The number of carbonyl (C=O) groups is 2. The molecule has 0 radical (unpaired) electrons. The molecule has 0 spiro atoms. The average molecular weight is 609 g/mol. The van der Waals surface area contributed by atoms with Crippen molar-refractivity contribution in [3.8, 4) is 0 Å². The van der Waals surface area contributed by atoms with Crippen LogP contribution in [0.5, 0.6) is 0 Å². The monoisotopic (exact) mass is 608 g/mol. The molecule has 0 aliphatic heterocycles. The Labute approximate surface area is 243 Å². The molecule has 15 heteroatoms. The molecule has 0 unspecified atom stereocenters. The topological polar surface area (TPSA) is 119 Å². The minimum atomic E-state index is -4.42.